The van der Waals surface area contributed by atoms with Gasteiger partial charge in [0.1, 0.15) is 12.4 Å². The highest BCUT2D eigenvalue weighted by molar-refractivity contribution is 8.15. The predicted molar refractivity (Wildman–Crippen MR) is 110 cm³/mol. The number of rotatable bonds is 5. The smallest absolute Gasteiger partial charge is 0.236 e. The van der Waals surface area contributed by atoms with Crippen LogP contribution >= 0.6 is 11.8 Å². The Bertz CT molecular complexity index is 628. The van der Waals surface area contributed by atoms with Gasteiger partial charge in [-0.1, -0.05) is 25.6 Å². The van der Waals surface area contributed by atoms with E-state index in [2.05, 4.69) is 27.2 Å². The Morgan fingerprint density at radius 1 is 1.23 bits per heavy atom. The third kappa shape index (κ3) is 6.30. The summed E-state index contributed by atoms with van der Waals surface area (Å²) in [4.78, 5) is 20.5. The van der Waals surface area contributed by atoms with Crippen molar-refractivity contribution in [3.8, 4) is 5.75 Å². The maximum atomic E-state index is 11.2. The van der Waals surface area contributed by atoms with E-state index in [1.54, 1.807) is 0 Å². The number of thioether (sulfide) groups is 1. The monoisotopic (exact) mass is 378 g/mol. The van der Waals surface area contributed by atoms with E-state index in [1.165, 1.54) is 11.8 Å². The van der Waals surface area contributed by atoms with Crippen LogP contribution < -0.4 is 10.1 Å². The molecule has 1 N–H and O–H groups in total. The van der Waals surface area contributed by atoms with Gasteiger partial charge in [-0.2, -0.15) is 0 Å². The fraction of sp³-hybridized carbons (Fsp3) is 0.579. The predicted octanol–water partition coefficient (Wildman–Crippen LogP) is 2.50. The van der Waals surface area contributed by atoms with Crippen molar-refractivity contribution in [2.45, 2.75) is 20.8 Å². The van der Waals surface area contributed by atoms with Gasteiger partial charge in [-0.05, 0) is 37.7 Å². The number of ether oxygens (including phenoxy) is 1. The summed E-state index contributed by atoms with van der Waals surface area (Å²) in [5, 5.41) is 3.42. The zero-order chi connectivity index (χ0) is 18.9. The van der Waals surface area contributed by atoms with Gasteiger partial charge in [0.25, 0.3) is 0 Å². The lowest BCUT2D eigenvalue weighted by Crippen LogP contribution is -2.45. The summed E-state index contributed by atoms with van der Waals surface area (Å²) in [6.45, 7) is 12.1. The molecule has 3 rings (SSSR count). The van der Waals surface area contributed by atoms with Crippen LogP contribution in [0, 0.1) is 6.92 Å². The minimum atomic E-state index is 0.0141. The molecule has 2 saturated heterocycles. The molecule has 144 valence electrons. The van der Waals surface area contributed by atoms with Gasteiger partial charge in [0.15, 0.2) is 5.17 Å². The lowest BCUT2D eigenvalue weighted by atomic mass is 10.2. The summed E-state index contributed by atoms with van der Waals surface area (Å²) in [7, 11) is 2.16. The molecule has 2 fully saturated rings. The van der Waals surface area contributed by atoms with Crippen molar-refractivity contribution in [3.63, 3.8) is 0 Å². The first kappa shape index (κ1) is 20.7. The Kier molecular flexibility index (Phi) is 8.41. The number of carbonyl (C=O) groups is 1. The molecule has 0 atom stereocenters. The topological polar surface area (TPSA) is 57.2 Å². The number of amides is 1. The summed E-state index contributed by atoms with van der Waals surface area (Å²) in [5.74, 6) is 1.33. The normalized spacial score (nSPS) is 19.8. The highest BCUT2D eigenvalue weighted by Crippen LogP contribution is 2.25. The van der Waals surface area contributed by atoms with Crippen LogP contribution in [0.1, 0.15) is 19.4 Å². The molecular weight excluding hydrogens is 348 g/mol. The highest BCUT2D eigenvalue weighted by Gasteiger charge is 2.17. The summed E-state index contributed by atoms with van der Waals surface area (Å²) < 4.78 is 5.88. The molecule has 0 saturated carbocycles. The van der Waals surface area contributed by atoms with Crippen LogP contribution in [0.5, 0.6) is 5.75 Å². The van der Waals surface area contributed by atoms with Gasteiger partial charge >= 0.3 is 0 Å². The number of piperazine rings is 1. The highest BCUT2D eigenvalue weighted by atomic mass is 32.2. The second-order valence-electron chi connectivity index (χ2n) is 6.20. The van der Waals surface area contributed by atoms with E-state index in [-0.39, 0.29) is 5.91 Å². The molecule has 6 nitrogen and oxygen atoms in total. The van der Waals surface area contributed by atoms with Crippen LogP contribution in [0.15, 0.2) is 23.2 Å². The number of likely N-dealkylation sites (N-methyl/N-ethyl adjacent to an activating group) is 1. The van der Waals surface area contributed by atoms with Gasteiger partial charge < -0.3 is 15.0 Å². The Morgan fingerprint density at radius 3 is 2.58 bits per heavy atom. The number of nitrogens with one attached hydrogen (secondary N) is 1. The van der Waals surface area contributed by atoms with Crippen LogP contribution in [-0.4, -0.2) is 73.0 Å². The van der Waals surface area contributed by atoms with Gasteiger partial charge in [-0.15, -0.1) is 0 Å². The molecule has 0 radical (unpaired) electrons. The van der Waals surface area contributed by atoms with E-state index in [0.29, 0.717) is 17.5 Å². The van der Waals surface area contributed by atoms with E-state index in [1.807, 2.05) is 39.0 Å². The average Bonchev–Trinajstić information content (AvgIpc) is 3.06. The second-order valence-corrected chi connectivity index (χ2v) is 7.16. The minimum Gasteiger partial charge on any atom is -0.492 e. The van der Waals surface area contributed by atoms with Crippen LogP contribution in [0.3, 0.4) is 0 Å². The Balaban J connectivity index is 0.00000117. The molecular formula is C19H30N4O2S. The Morgan fingerprint density at radius 2 is 1.96 bits per heavy atom. The molecule has 0 unspecified atom stereocenters. The number of nitrogens with zero attached hydrogens (tertiary/aromatic N) is 3. The molecule has 26 heavy (non-hydrogen) atoms. The van der Waals surface area contributed by atoms with Gasteiger partial charge in [-0.25, -0.2) is 4.99 Å². The van der Waals surface area contributed by atoms with Crippen molar-refractivity contribution in [1.29, 1.82) is 0 Å². The molecule has 1 amide bonds. The number of hydrogen-bond donors (Lipinski definition) is 1. The Labute approximate surface area is 161 Å². The number of amidine groups is 1. The van der Waals surface area contributed by atoms with Gasteiger partial charge in [-0.3, -0.25) is 9.69 Å². The molecule has 0 aliphatic carbocycles. The number of aryl methyl sites for hydroxylation is 1. The van der Waals surface area contributed by atoms with Crippen molar-refractivity contribution in [1.82, 2.24) is 15.1 Å². The molecule has 2 aliphatic rings. The molecule has 0 aromatic heterocycles. The fourth-order valence-corrected chi connectivity index (χ4v) is 3.39. The molecule has 2 aliphatic heterocycles. The van der Waals surface area contributed by atoms with Crippen LogP contribution in [0.2, 0.25) is 0 Å². The average molecular weight is 379 g/mol. The van der Waals surface area contributed by atoms with Gasteiger partial charge in [0.05, 0.1) is 11.4 Å². The number of benzene rings is 1. The third-order valence-corrected chi connectivity index (χ3v) is 5.12. The van der Waals surface area contributed by atoms with Crippen molar-refractivity contribution >= 4 is 28.5 Å². The molecule has 0 bridgehead atoms. The number of hydrogen-bond acceptors (Lipinski definition) is 6. The first-order valence-corrected chi connectivity index (χ1v) is 10.2. The van der Waals surface area contributed by atoms with Crippen LogP contribution in [0.4, 0.5) is 5.69 Å². The van der Waals surface area contributed by atoms with Crippen molar-refractivity contribution in [3.05, 3.63) is 23.8 Å². The summed E-state index contributed by atoms with van der Waals surface area (Å²) in [5.41, 5.74) is 1.91. The number of carbonyl (C=O) groups excluding carboxylic acids is 1. The van der Waals surface area contributed by atoms with Gasteiger partial charge in [0, 0.05) is 32.7 Å². The third-order valence-electron chi connectivity index (χ3n) is 4.25. The standard InChI is InChI=1S/C17H24N4O2S.C2H6/c1-13-11-14(23-10-9-21-7-5-20(2)6-8-21)3-4-15(13)18-17-19-16(22)12-24-17;1-2/h3-4,11H,5-10,12H2,1-2H3,(H,18,19,22);1-2H3. The first-order valence-electron chi connectivity index (χ1n) is 9.26. The second kappa shape index (κ2) is 10.5. The van der Waals surface area contributed by atoms with E-state index >= 15 is 0 Å². The van der Waals surface area contributed by atoms with Crippen LogP contribution in [0.25, 0.3) is 0 Å². The van der Waals surface area contributed by atoms with E-state index < -0.39 is 0 Å². The minimum absolute atomic E-state index is 0.0141. The summed E-state index contributed by atoms with van der Waals surface area (Å²) >= 11 is 1.44. The summed E-state index contributed by atoms with van der Waals surface area (Å²) in [6.07, 6.45) is 0. The SMILES string of the molecule is CC.Cc1cc(OCCN2CCN(C)CC2)ccc1N=C1NC(=O)CS1. The molecule has 1 aromatic carbocycles. The maximum absolute atomic E-state index is 11.2. The lowest BCUT2D eigenvalue weighted by molar-refractivity contribution is -0.116. The van der Waals surface area contributed by atoms with Crippen molar-refractivity contribution in [2.75, 3.05) is 52.1 Å². The van der Waals surface area contributed by atoms with Crippen molar-refractivity contribution < 1.29 is 9.53 Å². The molecule has 1 aromatic rings. The quantitative estimate of drug-likeness (QED) is 0.853. The fourth-order valence-electron chi connectivity index (χ4n) is 2.70. The zero-order valence-corrected chi connectivity index (χ0v) is 17.1. The lowest BCUT2D eigenvalue weighted by Gasteiger charge is -2.32. The van der Waals surface area contributed by atoms with E-state index in [9.17, 15) is 4.79 Å². The largest absolute Gasteiger partial charge is 0.492 e. The number of aliphatic imine (C=N–C) groups is 1. The Hall–Kier alpha value is -1.57. The van der Waals surface area contributed by atoms with Gasteiger partial charge in [0.2, 0.25) is 5.91 Å². The van der Waals surface area contributed by atoms with E-state index in [4.69, 9.17) is 4.74 Å². The summed E-state index contributed by atoms with van der Waals surface area (Å²) in [6, 6.07) is 5.89. The zero-order valence-electron chi connectivity index (χ0n) is 16.2. The molecule has 7 heteroatoms. The maximum Gasteiger partial charge on any atom is 0.236 e. The first-order chi connectivity index (χ1) is 12.6. The van der Waals surface area contributed by atoms with E-state index in [0.717, 1.165) is 49.7 Å². The molecule has 0 spiro atoms. The molecule has 2 heterocycles. The van der Waals surface area contributed by atoms with Crippen LogP contribution in [-0.2, 0) is 4.79 Å². The van der Waals surface area contributed by atoms with Crippen molar-refractivity contribution in [2.24, 2.45) is 4.99 Å².